The molecule has 0 aromatic heterocycles. The molecule has 0 spiro atoms. The van der Waals surface area contributed by atoms with Crippen molar-refractivity contribution in [2.75, 3.05) is 24.5 Å². The quantitative estimate of drug-likeness (QED) is 0.835. The Morgan fingerprint density at radius 2 is 1.73 bits per heavy atom. The van der Waals surface area contributed by atoms with Gasteiger partial charge in [-0.1, -0.05) is 18.2 Å². The van der Waals surface area contributed by atoms with Crippen molar-refractivity contribution >= 4 is 17.5 Å². The highest BCUT2D eigenvalue weighted by Gasteiger charge is 2.38. The Morgan fingerprint density at radius 1 is 1.09 bits per heavy atom. The first kappa shape index (κ1) is 15.0. The van der Waals surface area contributed by atoms with Crippen LogP contribution in [0.25, 0.3) is 0 Å². The van der Waals surface area contributed by atoms with E-state index in [0.29, 0.717) is 26.1 Å². The molecule has 2 saturated heterocycles. The number of amides is 2. The Hall–Kier alpha value is -1.88. The number of para-hydroxylation sites is 1. The van der Waals surface area contributed by atoms with Crippen LogP contribution < -0.4 is 4.90 Å². The number of anilines is 1. The van der Waals surface area contributed by atoms with Gasteiger partial charge in [0.1, 0.15) is 0 Å². The van der Waals surface area contributed by atoms with Gasteiger partial charge in [-0.2, -0.15) is 0 Å². The van der Waals surface area contributed by atoms with Crippen LogP contribution in [0.2, 0.25) is 0 Å². The second kappa shape index (κ2) is 6.08. The van der Waals surface area contributed by atoms with Crippen molar-refractivity contribution in [2.24, 2.45) is 5.92 Å². The van der Waals surface area contributed by atoms with Crippen molar-refractivity contribution in [2.45, 2.75) is 32.5 Å². The molecule has 1 aromatic rings. The van der Waals surface area contributed by atoms with Crippen LogP contribution in [0.1, 0.15) is 20.3 Å². The number of benzene rings is 1. The average molecular weight is 302 g/mol. The fourth-order valence-electron chi connectivity index (χ4n) is 3.35. The van der Waals surface area contributed by atoms with Gasteiger partial charge in [-0.3, -0.25) is 9.59 Å². The molecule has 3 rings (SSSR count). The number of hydrogen-bond acceptors (Lipinski definition) is 3. The van der Waals surface area contributed by atoms with E-state index in [2.05, 4.69) is 0 Å². The van der Waals surface area contributed by atoms with E-state index >= 15 is 0 Å². The first-order valence-corrected chi connectivity index (χ1v) is 7.84. The summed E-state index contributed by atoms with van der Waals surface area (Å²) in [5, 5.41) is 0. The van der Waals surface area contributed by atoms with E-state index in [-0.39, 0.29) is 29.9 Å². The minimum Gasteiger partial charge on any atom is -0.372 e. The zero-order valence-electron chi connectivity index (χ0n) is 13.1. The van der Waals surface area contributed by atoms with Crippen molar-refractivity contribution in [1.82, 2.24) is 4.90 Å². The molecule has 2 heterocycles. The zero-order chi connectivity index (χ0) is 15.7. The van der Waals surface area contributed by atoms with Crippen molar-refractivity contribution < 1.29 is 14.3 Å². The molecule has 1 aromatic carbocycles. The SMILES string of the molecule is C[C@H]1CN(C(=O)[C@@H]2CC(=O)N(c3ccccc3)C2)C[C@H](C)O1. The summed E-state index contributed by atoms with van der Waals surface area (Å²) in [6.45, 7) is 5.65. The molecule has 5 heteroatoms. The second-order valence-corrected chi connectivity index (χ2v) is 6.24. The Kier molecular flexibility index (Phi) is 4.16. The number of carbonyl (C=O) groups excluding carboxylic acids is 2. The van der Waals surface area contributed by atoms with Crippen LogP contribution in [0.15, 0.2) is 30.3 Å². The number of morpholine rings is 1. The van der Waals surface area contributed by atoms with Gasteiger partial charge in [0.25, 0.3) is 0 Å². The maximum atomic E-state index is 12.7. The predicted molar refractivity (Wildman–Crippen MR) is 83.5 cm³/mol. The topological polar surface area (TPSA) is 49.9 Å². The number of carbonyl (C=O) groups is 2. The fraction of sp³-hybridized carbons (Fsp3) is 0.529. The molecule has 3 atom stereocenters. The van der Waals surface area contributed by atoms with Crippen molar-refractivity contribution in [3.8, 4) is 0 Å². The van der Waals surface area contributed by atoms with Crippen LogP contribution in [-0.2, 0) is 14.3 Å². The normalized spacial score (nSPS) is 29.0. The summed E-state index contributed by atoms with van der Waals surface area (Å²) >= 11 is 0. The van der Waals surface area contributed by atoms with Gasteiger partial charge >= 0.3 is 0 Å². The highest BCUT2D eigenvalue weighted by molar-refractivity contribution is 6.00. The highest BCUT2D eigenvalue weighted by Crippen LogP contribution is 2.27. The Balaban J connectivity index is 1.69. The van der Waals surface area contributed by atoms with E-state index in [1.54, 1.807) is 4.90 Å². The molecule has 2 fully saturated rings. The van der Waals surface area contributed by atoms with E-state index < -0.39 is 0 Å². The van der Waals surface area contributed by atoms with Gasteiger partial charge in [0.2, 0.25) is 11.8 Å². The molecule has 0 aliphatic carbocycles. The first-order chi connectivity index (χ1) is 10.5. The minimum atomic E-state index is -0.245. The van der Waals surface area contributed by atoms with Gasteiger partial charge in [-0.15, -0.1) is 0 Å². The maximum absolute atomic E-state index is 12.7. The lowest BCUT2D eigenvalue weighted by molar-refractivity contribution is -0.147. The summed E-state index contributed by atoms with van der Waals surface area (Å²) in [7, 11) is 0. The summed E-state index contributed by atoms with van der Waals surface area (Å²) in [4.78, 5) is 28.5. The third kappa shape index (κ3) is 2.99. The van der Waals surface area contributed by atoms with Gasteiger partial charge in [0, 0.05) is 31.7 Å². The summed E-state index contributed by atoms with van der Waals surface area (Å²) in [5.74, 6) is -0.141. The van der Waals surface area contributed by atoms with E-state index in [1.807, 2.05) is 49.1 Å². The third-order valence-corrected chi connectivity index (χ3v) is 4.27. The van der Waals surface area contributed by atoms with Crippen molar-refractivity contribution in [1.29, 1.82) is 0 Å². The molecule has 0 radical (unpaired) electrons. The van der Waals surface area contributed by atoms with Crippen LogP contribution in [0, 0.1) is 5.92 Å². The minimum absolute atomic E-state index is 0.0268. The molecule has 2 aliphatic rings. The third-order valence-electron chi connectivity index (χ3n) is 4.27. The van der Waals surface area contributed by atoms with Gasteiger partial charge in [0.15, 0.2) is 0 Å². The highest BCUT2D eigenvalue weighted by atomic mass is 16.5. The molecule has 22 heavy (non-hydrogen) atoms. The van der Waals surface area contributed by atoms with Gasteiger partial charge in [-0.05, 0) is 26.0 Å². The van der Waals surface area contributed by atoms with Crippen molar-refractivity contribution in [3.05, 3.63) is 30.3 Å². The summed E-state index contributed by atoms with van der Waals surface area (Å²) in [6.07, 6.45) is 0.401. The van der Waals surface area contributed by atoms with Crippen LogP contribution in [0.3, 0.4) is 0 Å². The number of hydrogen-bond donors (Lipinski definition) is 0. The lowest BCUT2D eigenvalue weighted by Crippen LogP contribution is -2.50. The molecular formula is C17H22N2O3. The molecule has 118 valence electrons. The molecule has 2 amide bonds. The van der Waals surface area contributed by atoms with Crippen LogP contribution in [0.4, 0.5) is 5.69 Å². The average Bonchev–Trinajstić information content (AvgIpc) is 2.88. The zero-order valence-corrected chi connectivity index (χ0v) is 13.1. The van der Waals surface area contributed by atoms with Gasteiger partial charge in [0.05, 0.1) is 18.1 Å². The molecule has 0 saturated carbocycles. The summed E-state index contributed by atoms with van der Waals surface area (Å²) in [5.41, 5.74) is 0.867. The monoisotopic (exact) mass is 302 g/mol. The van der Waals surface area contributed by atoms with Crippen LogP contribution in [-0.4, -0.2) is 48.6 Å². The smallest absolute Gasteiger partial charge is 0.228 e. The lowest BCUT2D eigenvalue weighted by atomic mass is 10.1. The molecule has 0 bridgehead atoms. The summed E-state index contributed by atoms with van der Waals surface area (Å²) in [6, 6.07) is 9.54. The van der Waals surface area contributed by atoms with Gasteiger partial charge < -0.3 is 14.5 Å². The van der Waals surface area contributed by atoms with Crippen molar-refractivity contribution in [3.63, 3.8) is 0 Å². The Bertz CT molecular complexity index is 550. The standard InChI is InChI=1S/C17H22N2O3/c1-12-9-18(10-13(2)22-12)17(21)14-8-16(20)19(11-14)15-6-4-3-5-7-15/h3-7,12-14H,8-11H2,1-2H3/t12-,13-,14+/m0/s1. The number of ether oxygens (including phenoxy) is 1. The first-order valence-electron chi connectivity index (χ1n) is 7.84. The fourth-order valence-corrected chi connectivity index (χ4v) is 3.35. The maximum Gasteiger partial charge on any atom is 0.228 e. The molecule has 0 N–H and O–H groups in total. The largest absolute Gasteiger partial charge is 0.372 e. The molecule has 5 nitrogen and oxygen atoms in total. The lowest BCUT2D eigenvalue weighted by Gasteiger charge is -2.36. The van der Waals surface area contributed by atoms with Gasteiger partial charge in [-0.25, -0.2) is 0 Å². The predicted octanol–water partition coefficient (Wildman–Crippen LogP) is 1.68. The van der Waals surface area contributed by atoms with E-state index in [0.717, 1.165) is 5.69 Å². The second-order valence-electron chi connectivity index (χ2n) is 6.24. The Morgan fingerprint density at radius 3 is 2.36 bits per heavy atom. The van der Waals surface area contributed by atoms with E-state index in [4.69, 9.17) is 4.74 Å². The number of nitrogens with zero attached hydrogens (tertiary/aromatic N) is 2. The summed E-state index contributed by atoms with van der Waals surface area (Å²) < 4.78 is 5.67. The Labute approximate surface area is 130 Å². The molecule has 0 unspecified atom stereocenters. The van der Waals surface area contributed by atoms with E-state index in [9.17, 15) is 9.59 Å². The van der Waals surface area contributed by atoms with Crippen LogP contribution in [0.5, 0.6) is 0 Å². The van der Waals surface area contributed by atoms with Crippen LogP contribution >= 0.6 is 0 Å². The molecule has 2 aliphatic heterocycles. The van der Waals surface area contributed by atoms with E-state index in [1.165, 1.54) is 0 Å². The molecular weight excluding hydrogens is 280 g/mol. The number of rotatable bonds is 2.